The Kier molecular flexibility index (Phi) is 3.36. The van der Waals surface area contributed by atoms with Crippen molar-refractivity contribution in [3.8, 4) is 11.3 Å². The maximum atomic E-state index is 12.8. The summed E-state index contributed by atoms with van der Waals surface area (Å²) < 4.78 is 43.3. The quantitative estimate of drug-likeness (QED) is 0.840. The van der Waals surface area contributed by atoms with Gasteiger partial charge in [0, 0.05) is 17.3 Å². The van der Waals surface area contributed by atoms with Crippen molar-refractivity contribution in [3.05, 3.63) is 35.9 Å². The summed E-state index contributed by atoms with van der Waals surface area (Å²) in [5, 5.41) is 3.66. The molecule has 2 aromatic rings. The number of nitrogens with zero attached hydrogens (tertiary/aromatic N) is 2. The molecule has 6 heteroatoms. The van der Waals surface area contributed by atoms with Gasteiger partial charge in [-0.2, -0.15) is 13.2 Å². The van der Waals surface area contributed by atoms with Gasteiger partial charge < -0.3 is 4.52 Å². The normalized spacial score (nSPS) is 11.8. The molecule has 0 aliphatic heterocycles. The molecule has 0 amide bonds. The van der Waals surface area contributed by atoms with Gasteiger partial charge in [-0.05, 0) is 18.6 Å². The summed E-state index contributed by atoms with van der Waals surface area (Å²) in [6, 6.07) is 2.81. The first kappa shape index (κ1) is 12.6. The molecule has 0 aromatic carbocycles. The van der Waals surface area contributed by atoms with Gasteiger partial charge >= 0.3 is 6.18 Å². The van der Waals surface area contributed by atoms with Gasteiger partial charge in [-0.15, -0.1) is 0 Å². The molecule has 0 N–H and O–H groups in total. The van der Waals surface area contributed by atoms with Crippen molar-refractivity contribution < 1.29 is 17.7 Å². The molecule has 0 aliphatic carbocycles. The average Bonchev–Trinajstić information content (AvgIpc) is 2.77. The van der Waals surface area contributed by atoms with Crippen LogP contribution in [0.3, 0.4) is 0 Å². The number of pyridine rings is 1. The second kappa shape index (κ2) is 4.80. The van der Waals surface area contributed by atoms with Gasteiger partial charge in [0.05, 0.1) is 0 Å². The van der Waals surface area contributed by atoms with Gasteiger partial charge in [0.2, 0.25) is 0 Å². The third kappa shape index (κ3) is 2.37. The molecule has 2 heterocycles. The van der Waals surface area contributed by atoms with Crippen LogP contribution in [0, 0.1) is 0 Å². The molecule has 0 radical (unpaired) electrons. The molecule has 0 saturated carbocycles. The Hall–Kier alpha value is -1.85. The highest BCUT2D eigenvalue weighted by Gasteiger charge is 2.36. The molecule has 18 heavy (non-hydrogen) atoms. The fraction of sp³-hybridized carbons (Fsp3) is 0.333. The Morgan fingerprint density at radius 2 is 2.11 bits per heavy atom. The van der Waals surface area contributed by atoms with E-state index in [0.29, 0.717) is 12.0 Å². The molecular formula is C12H11F3N2O. The van der Waals surface area contributed by atoms with Crippen LogP contribution < -0.4 is 0 Å². The van der Waals surface area contributed by atoms with E-state index in [0.717, 1.165) is 12.6 Å². The third-order valence-electron chi connectivity index (χ3n) is 2.49. The summed E-state index contributed by atoms with van der Waals surface area (Å²) in [7, 11) is 0. The number of halogens is 3. The van der Waals surface area contributed by atoms with Crippen molar-refractivity contribution >= 4 is 0 Å². The molecular weight excluding hydrogens is 245 g/mol. The minimum Gasteiger partial charge on any atom is -0.364 e. The van der Waals surface area contributed by atoms with Crippen molar-refractivity contribution in [2.75, 3.05) is 0 Å². The molecule has 0 saturated heterocycles. The molecule has 0 fully saturated rings. The van der Waals surface area contributed by atoms with Crippen molar-refractivity contribution in [1.82, 2.24) is 10.1 Å². The smallest absolute Gasteiger partial charge is 0.364 e. The lowest BCUT2D eigenvalue weighted by Crippen LogP contribution is -2.10. The first-order valence-corrected chi connectivity index (χ1v) is 5.50. The number of aromatic nitrogens is 2. The number of rotatable bonds is 3. The van der Waals surface area contributed by atoms with E-state index in [1.54, 1.807) is 0 Å². The second-order valence-corrected chi connectivity index (χ2v) is 3.84. The van der Waals surface area contributed by atoms with E-state index < -0.39 is 11.9 Å². The Labute approximate surface area is 102 Å². The number of hydrogen-bond acceptors (Lipinski definition) is 3. The Bertz CT molecular complexity index is 534. The fourth-order valence-corrected chi connectivity index (χ4v) is 1.75. The summed E-state index contributed by atoms with van der Waals surface area (Å²) in [6.45, 7) is 1.94. The van der Waals surface area contributed by atoms with Crippen molar-refractivity contribution in [2.45, 2.75) is 25.9 Å². The monoisotopic (exact) mass is 256 g/mol. The van der Waals surface area contributed by atoms with Crippen LogP contribution in [0.25, 0.3) is 11.3 Å². The van der Waals surface area contributed by atoms with Gasteiger partial charge in [-0.1, -0.05) is 18.5 Å². The second-order valence-electron chi connectivity index (χ2n) is 3.84. The van der Waals surface area contributed by atoms with Crippen LogP contribution in [-0.4, -0.2) is 10.1 Å². The van der Waals surface area contributed by atoms with E-state index >= 15 is 0 Å². The van der Waals surface area contributed by atoms with Gasteiger partial charge in [0.1, 0.15) is 12.0 Å². The highest BCUT2D eigenvalue weighted by atomic mass is 19.4. The van der Waals surface area contributed by atoms with E-state index in [-0.39, 0.29) is 11.3 Å². The van der Waals surface area contributed by atoms with Gasteiger partial charge in [-0.25, -0.2) is 0 Å². The lowest BCUT2D eigenvalue weighted by Gasteiger charge is -2.10. The van der Waals surface area contributed by atoms with Gasteiger partial charge in [0.15, 0.2) is 5.69 Å². The predicted molar refractivity (Wildman–Crippen MR) is 58.7 cm³/mol. The van der Waals surface area contributed by atoms with E-state index in [1.807, 2.05) is 6.92 Å². The van der Waals surface area contributed by atoms with Crippen molar-refractivity contribution in [2.24, 2.45) is 0 Å². The number of aryl methyl sites for hydroxylation is 1. The van der Waals surface area contributed by atoms with E-state index in [9.17, 15) is 13.2 Å². The number of alkyl halides is 3. The van der Waals surface area contributed by atoms with Gasteiger partial charge in [0.25, 0.3) is 0 Å². The first-order valence-electron chi connectivity index (χ1n) is 5.50. The van der Waals surface area contributed by atoms with E-state index in [1.165, 1.54) is 18.4 Å². The lowest BCUT2D eigenvalue weighted by molar-refractivity contribution is -0.140. The number of hydrogen-bond donors (Lipinski definition) is 0. The minimum atomic E-state index is -4.50. The lowest BCUT2D eigenvalue weighted by atomic mass is 10.0. The Balaban J connectivity index is 2.54. The van der Waals surface area contributed by atoms with E-state index in [2.05, 4.69) is 10.1 Å². The molecule has 2 aromatic heterocycles. The van der Waals surface area contributed by atoms with Crippen molar-refractivity contribution in [1.29, 1.82) is 0 Å². The van der Waals surface area contributed by atoms with Crippen molar-refractivity contribution in [3.63, 3.8) is 0 Å². The Morgan fingerprint density at radius 3 is 2.78 bits per heavy atom. The minimum absolute atomic E-state index is 0.0396. The molecule has 96 valence electrons. The largest absolute Gasteiger partial charge is 0.434 e. The van der Waals surface area contributed by atoms with E-state index in [4.69, 9.17) is 4.52 Å². The highest BCUT2D eigenvalue weighted by Crippen LogP contribution is 2.36. The molecule has 0 atom stereocenters. The zero-order valence-electron chi connectivity index (χ0n) is 9.66. The highest BCUT2D eigenvalue weighted by molar-refractivity contribution is 5.65. The summed E-state index contributed by atoms with van der Waals surface area (Å²) in [5.41, 5.74) is -0.0910. The zero-order chi connectivity index (χ0) is 13.2. The molecule has 2 rings (SSSR count). The van der Waals surface area contributed by atoms with Crippen LogP contribution >= 0.6 is 0 Å². The van der Waals surface area contributed by atoms with Crippen LogP contribution in [0.15, 0.2) is 29.1 Å². The average molecular weight is 256 g/mol. The summed E-state index contributed by atoms with van der Waals surface area (Å²) in [4.78, 5) is 3.40. The fourth-order valence-electron chi connectivity index (χ4n) is 1.75. The van der Waals surface area contributed by atoms with Crippen LogP contribution in [0.4, 0.5) is 13.2 Å². The maximum Gasteiger partial charge on any atom is 0.434 e. The van der Waals surface area contributed by atoms with Gasteiger partial charge in [-0.3, -0.25) is 4.98 Å². The molecule has 0 unspecified atom stereocenters. The van der Waals surface area contributed by atoms with Crippen LogP contribution in [0.1, 0.15) is 24.6 Å². The van der Waals surface area contributed by atoms with Crippen LogP contribution in [-0.2, 0) is 12.6 Å². The molecule has 0 bridgehead atoms. The van der Waals surface area contributed by atoms with Crippen LogP contribution in [0.2, 0.25) is 0 Å². The SMILES string of the molecule is CCCc1conc1-c1cccnc1C(F)(F)F. The van der Waals surface area contributed by atoms with Crippen LogP contribution in [0.5, 0.6) is 0 Å². The predicted octanol–water partition coefficient (Wildman–Crippen LogP) is 3.71. The molecule has 0 aliphatic rings. The maximum absolute atomic E-state index is 12.8. The standard InChI is InChI=1S/C12H11F3N2O/c1-2-4-8-7-18-17-10(8)9-5-3-6-16-11(9)12(13,14)15/h3,5-7H,2,4H2,1H3. The summed E-state index contributed by atoms with van der Waals surface area (Å²) in [5.74, 6) is 0. The zero-order valence-corrected chi connectivity index (χ0v) is 9.66. The Morgan fingerprint density at radius 1 is 1.33 bits per heavy atom. The third-order valence-corrected chi connectivity index (χ3v) is 2.49. The first-order chi connectivity index (χ1) is 8.54. The summed E-state index contributed by atoms with van der Waals surface area (Å²) >= 11 is 0. The topological polar surface area (TPSA) is 38.9 Å². The molecule has 0 spiro atoms. The molecule has 3 nitrogen and oxygen atoms in total. The summed E-state index contributed by atoms with van der Waals surface area (Å²) in [6.07, 6.45) is -0.586.